The second-order valence-corrected chi connectivity index (χ2v) is 4.40. The van der Waals surface area contributed by atoms with Crippen LogP contribution in [-0.2, 0) is 4.79 Å². The van der Waals surface area contributed by atoms with Crippen molar-refractivity contribution in [3.63, 3.8) is 0 Å². The third kappa shape index (κ3) is 2.26. The number of hydrogen-bond donors (Lipinski definition) is 2. The number of anilines is 1. The summed E-state index contributed by atoms with van der Waals surface area (Å²) in [6.45, 7) is 5.05. The minimum atomic E-state index is -0.525. The summed E-state index contributed by atoms with van der Waals surface area (Å²) in [5.74, 6) is 0.0386. The van der Waals surface area contributed by atoms with Crippen LogP contribution >= 0.6 is 0 Å². The van der Waals surface area contributed by atoms with E-state index in [0.717, 1.165) is 17.8 Å². The van der Waals surface area contributed by atoms with Crippen LogP contribution in [0.2, 0.25) is 0 Å². The van der Waals surface area contributed by atoms with Gasteiger partial charge in [-0.25, -0.2) is 0 Å². The number of carbonyl (C=O) groups is 1. The summed E-state index contributed by atoms with van der Waals surface area (Å²) in [6, 6.07) is 7.50. The molecule has 0 bridgehead atoms. The molecule has 1 aromatic carbocycles. The van der Waals surface area contributed by atoms with Gasteiger partial charge in [0.25, 0.3) is 0 Å². The van der Waals surface area contributed by atoms with Crippen molar-refractivity contribution in [3.05, 3.63) is 29.8 Å². The fourth-order valence-electron chi connectivity index (χ4n) is 2.21. The molecule has 2 N–H and O–H groups in total. The smallest absolute Gasteiger partial charge is 0.242 e. The highest BCUT2D eigenvalue weighted by molar-refractivity contribution is 5.86. The Balaban J connectivity index is 2.36. The lowest BCUT2D eigenvalue weighted by atomic mass is 10.0. The van der Waals surface area contributed by atoms with Gasteiger partial charge in [0.1, 0.15) is 6.04 Å². The number of hydrogen-bond acceptors (Lipinski definition) is 3. The molecule has 4 heteroatoms. The third-order valence-electron chi connectivity index (χ3n) is 3.20. The summed E-state index contributed by atoms with van der Waals surface area (Å²) >= 11 is 0. The van der Waals surface area contributed by atoms with Crippen LogP contribution in [0.25, 0.3) is 0 Å². The molecule has 0 radical (unpaired) electrons. The van der Waals surface area contributed by atoms with Crippen molar-refractivity contribution < 1.29 is 9.90 Å². The van der Waals surface area contributed by atoms with Crippen LogP contribution < -0.4 is 10.2 Å². The molecule has 0 aromatic heterocycles. The number of benzene rings is 1. The van der Waals surface area contributed by atoms with Crippen molar-refractivity contribution in [3.8, 4) is 0 Å². The first-order chi connectivity index (χ1) is 8.11. The first-order valence-electron chi connectivity index (χ1n) is 5.92. The van der Waals surface area contributed by atoms with Gasteiger partial charge >= 0.3 is 0 Å². The predicted octanol–water partition coefficient (Wildman–Crippen LogP) is 1.06. The fourth-order valence-corrected chi connectivity index (χ4v) is 2.21. The van der Waals surface area contributed by atoms with Gasteiger partial charge in [-0.1, -0.05) is 18.2 Å². The first kappa shape index (κ1) is 11.9. The zero-order valence-corrected chi connectivity index (χ0v) is 10.2. The van der Waals surface area contributed by atoms with Gasteiger partial charge < -0.3 is 15.3 Å². The molecule has 2 rings (SSSR count). The van der Waals surface area contributed by atoms with Gasteiger partial charge in [0.2, 0.25) is 5.91 Å². The highest BCUT2D eigenvalue weighted by Crippen LogP contribution is 2.28. The molecule has 0 aliphatic carbocycles. The summed E-state index contributed by atoms with van der Waals surface area (Å²) in [5.41, 5.74) is 1.82. The quantitative estimate of drug-likeness (QED) is 0.804. The molecule has 1 aromatic rings. The van der Waals surface area contributed by atoms with E-state index in [2.05, 4.69) is 5.32 Å². The van der Waals surface area contributed by atoms with Gasteiger partial charge in [-0.15, -0.1) is 0 Å². The summed E-state index contributed by atoms with van der Waals surface area (Å²) in [6.07, 6.45) is -0.525. The lowest BCUT2D eigenvalue weighted by Gasteiger charge is -2.36. The Bertz CT molecular complexity index is 418. The molecule has 92 valence electrons. The summed E-state index contributed by atoms with van der Waals surface area (Å²) in [7, 11) is 0. The van der Waals surface area contributed by atoms with Crippen molar-refractivity contribution in [2.24, 2.45) is 0 Å². The monoisotopic (exact) mass is 234 g/mol. The normalized spacial score (nSPS) is 22.2. The van der Waals surface area contributed by atoms with E-state index in [1.807, 2.05) is 36.1 Å². The second kappa shape index (κ2) is 4.75. The molecule has 1 aliphatic heterocycles. The number of para-hydroxylation sites is 1. The van der Waals surface area contributed by atoms with Crippen LogP contribution in [0.15, 0.2) is 24.3 Å². The molecule has 0 spiro atoms. The van der Waals surface area contributed by atoms with E-state index >= 15 is 0 Å². The number of amides is 1. The van der Waals surface area contributed by atoms with Crippen molar-refractivity contribution in [1.29, 1.82) is 0 Å². The maximum Gasteiger partial charge on any atom is 0.242 e. The summed E-state index contributed by atoms with van der Waals surface area (Å²) in [5, 5.41) is 12.6. The van der Waals surface area contributed by atoms with E-state index < -0.39 is 6.10 Å². The van der Waals surface area contributed by atoms with Gasteiger partial charge in [0.05, 0.1) is 6.10 Å². The average molecular weight is 234 g/mol. The number of carbonyl (C=O) groups excluding carboxylic acids is 1. The number of aliphatic hydroxyl groups is 1. The number of aliphatic hydroxyl groups excluding tert-OH is 1. The van der Waals surface area contributed by atoms with Crippen LogP contribution in [0.4, 0.5) is 5.69 Å². The van der Waals surface area contributed by atoms with Gasteiger partial charge in [-0.3, -0.25) is 4.79 Å². The maximum atomic E-state index is 11.6. The van der Waals surface area contributed by atoms with Crippen LogP contribution in [0.3, 0.4) is 0 Å². The molecule has 0 saturated carbocycles. The Morgan fingerprint density at radius 2 is 2.18 bits per heavy atom. The Morgan fingerprint density at radius 1 is 1.47 bits per heavy atom. The lowest BCUT2D eigenvalue weighted by Crippen LogP contribution is -2.54. The third-order valence-corrected chi connectivity index (χ3v) is 3.20. The Labute approximate surface area is 101 Å². The Kier molecular flexibility index (Phi) is 3.33. The molecule has 1 saturated heterocycles. The fraction of sp³-hybridized carbons (Fsp3) is 0.462. The molecular weight excluding hydrogens is 216 g/mol. The van der Waals surface area contributed by atoms with E-state index in [4.69, 9.17) is 0 Å². The minimum absolute atomic E-state index is 0.0386. The molecular formula is C13H18N2O2. The molecule has 2 atom stereocenters. The van der Waals surface area contributed by atoms with Crippen LogP contribution in [0.1, 0.15) is 25.5 Å². The Morgan fingerprint density at radius 3 is 2.88 bits per heavy atom. The van der Waals surface area contributed by atoms with Crippen LogP contribution in [0, 0.1) is 0 Å². The number of rotatable bonds is 2. The van der Waals surface area contributed by atoms with E-state index in [9.17, 15) is 9.90 Å². The molecule has 1 aliphatic rings. The topological polar surface area (TPSA) is 52.6 Å². The van der Waals surface area contributed by atoms with Crippen LogP contribution in [0.5, 0.6) is 0 Å². The lowest BCUT2D eigenvalue weighted by molar-refractivity contribution is -0.122. The molecule has 4 nitrogen and oxygen atoms in total. The van der Waals surface area contributed by atoms with E-state index in [1.165, 1.54) is 0 Å². The van der Waals surface area contributed by atoms with Gasteiger partial charge in [0.15, 0.2) is 0 Å². The van der Waals surface area contributed by atoms with Crippen LogP contribution in [-0.4, -0.2) is 30.1 Å². The van der Waals surface area contributed by atoms with Crippen molar-refractivity contribution in [2.45, 2.75) is 26.0 Å². The van der Waals surface area contributed by atoms with E-state index in [1.54, 1.807) is 6.92 Å². The maximum absolute atomic E-state index is 11.6. The van der Waals surface area contributed by atoms with Crippen molar-refractivity contribution in [2.75, 3.05) is 18.0 Å². The van der Waals surface area contributed by atoms with Gasteiger partial charge in [-0.2, -0.15) is 0 Å². The van der Waals surface area contributed by atoms with Crippen molar-refractivity contribution in [1.82, 2.24) is 5.32 Å². The Hall–Kier alpha value is -1.55. The van der Waals surface area contributed by atoms with Gasteiger partial charge in [0, 0.05) is 24.3 Å². The highest BCUT2D eigenvalue weighted by Gasteiger charge is 2.27. The summed E-state index contributed by atoms with van der Waals surface area (Å²) in [4.78, 5) is 13.7. The second-order valence-electron chi connectivity index (χ2n) is 4.40. The van der Waals surface area contributed by atoms with E-state index in [0.29, 0.717) is 6.54 Å². The minimum Gasteiger partial charge on any atom is -0.389 e. The summed E-state index contributed by atoms with van der Waals surface area (Å²) < 4.78 is 0. The highest BCUT2D eigenvalue weighted by atomic mass is 16.3. The molecule has 1 amide bonds. The zero-order valence-electron chi connectivity index (χ0n) is 10.2. The molecule has 1 heterocycles. The zero-order chi connectivity index (χ0) is 12.4. The number of piperazine rings is 1. The van der Waals surface area contributed by atoms with E-state index in [-0.39, 0.29) is 11.9 Å². The number of nitrogens with zero attached hydrogens (tertiary/aromatic N) is 1. The molecule has 1 fully saturated rings. The average Bonchev–Trinajstić information content (AvgIpc) is 2.33. The largest absolute Gasteiger partial charge is 0.389 e. The SMILES string of the molecule is CC1C(=O)NCCN1c1ccccc1[C@@H](C)O. The number of nitrogens with one attached hydrogen (secondary N) is 1. The first-order valence-corrected chi connectivity index (χ1v) is 5.92. The van der Waals surface area contributed by atoms with Crippen molar-refractivity contribution >= 4 is 11.6 Å². The molecule has 17 heavy (non-hydrogen) atoms. The van der Waals surface area contributed by atoms with Gasteiger partial charge in [-0.05, 0) is 19.9 Å². The predicted molar refractivity (Wildman–Crippen MR) is 66.9 cm³/mol. The standard InChI is InChI=1S/C13H18N2O2/c1-9-13(17)14-7-8-15(9)12-6-4-3-5-11(12)10(2)16/h3-6,9-10,16H,7-8H2,1-2H3,(H,14,17)/t9?,10-/m1/s1. The molecule has 1 unspecified atom stereocenters.